The van der Waals surface area contributed by atoms with E-state index in [4.69, 9.17) is 0 Å². The van der Waals surface area contributed by atoms with Crippen molar-refractivity contribution in [2.75, 3.05) is 13.1 Å². The summed E-state index contributed by atoms with van der Waals surface area (Å²) in [7, 11) is 0. The van der Waals surface area contributed by atoms with Gasteiger partial charge in [0.25, 0.3) is 0 Å². The van der Waals surface area contributed by atoms with Gasteiger partial charge in [0.15, 0.2) is 0 Å². The summed E-state index contributed by atoms with van der Waals surface area (Å²) in [4.78, 5) is 12.4. The normalized spacial score (nSPS) is 20.3. The molecule has 0 aromatic carbocycles. The van der Waals surface area contributed by atoms with Gasteiger partial charge in [0.1, 0.15) is 12.4 Å². The zero-order valence-corrected chi connectivity index (χ0v) is 12.9. The molecule has 2 aromatic rings. The molecule has 1 N–H and O–H groups in total. The van der Waals surface area contributed by atoms with Crippen molar-refractivity contribution >= 4 is 17.0 Å². The fraction of sp³-hybridized carbons (Fsp3) is 0.500. The Labute approximate surface area is 131 Å². The quantitative estimate of drug-likeness (QED) is 0.650. The summed E-state index contributed by atoms with van der Waals surface area (Å²) < 4.78 is 1.43. The number of hydrogen-bond donors (Lipinski definition) is 1. The van der Waals surface area contributed by atoms with Crippen LogP contribution in [0, 0.1) is 10.1 Å². The van der Waals surface area contributed by atoms with Crippen LogP contribution in [0.2, 0.25) is 0 Å². The molecule has 118 valence electrons. The molecule has 0 saturated carbocycles. The molecular formula is C14H18N4O3S. The third kappa shape index (κ3) is 3.34. The Morgan fingerprint density at radius 2 is 2.41 bits per heavy atom. The number of aliphatic hydroxyl groups excluding tert-OH is 1. The average molecular weight is 322 g/mol. The van der Waals surface area contributed by atoms with E-state index in [9.17, 15) is 15.2 Å². The number of aliphatic hydroxyl groups is 1. The molecule has 0 spiro atoms. The fourth-order valence-corrected chi connectivity index (χ4v) is 3.68. The SMILES string of the molecule is O=[N+]([O-])c1cnn(C[C@@H](O)CN2CCC[C@@H]2c2ccsc2)c1. The van der Waals surface area contributed by atoms with E-state index in [-0.39, 0.29) is 12.2 Å². The number of thiophene rings is 1. The first-order valence-corrected chi connectivity index (χ1v) is 8.19. The number of nitro groups is 1. The smallest absolute Gasteiger partial charge is 0.306 e. The van der Waals surface area contributed by atoms with Gasteiger partial charge in [0, 0.05) is 12.6 Å². The van der Waals surface area contributed by atoms with E-state index in [1.807, 2.05) is 0 Å². The second-order valence-electron chi connectivity index (χ2n) is 5.54. The number of hydrogen-bond acceptors (Lipinski definition) is 6. The summed E-state index contributed by atoms with van der Waals surface area (Å²) in [6, 6.07) is 2.50. The monoisotopic (exact) mass is 322 g/mol. The Bertz CT molecular complexity index is 628. The molecular weight excluding hydrogens is 304 g/mol. The number of β-amino-alcohol motifs (C(OH)–C–C–N with tert-alkyl or cyclic N) is 1. The van der Waals surface area contributed by atoms with Crippen LogP contribution in [0.4, 0.5) is 5.69 Å². The predicted molar refractivity (Wildman–Crippen MR) is 82.8 cm³/mol. The van der Waals surface area contributed by atoms with E-state index >= 15 is 0 Å². The van der Waals surface area contributed by atoms with Crippen LogP contribution in [0.1, 0.15) is 24.4 Å². The van der Waals surface area contributed by atoms with E-state index in [2.05, 4.69) is 26.8 Å². The van der Waals surface area contributed by atoms with Crippen molar-refractivity contribution in [2.24, 2.45) is 0 Å². The van der Waals surface area contributed by atoms with Gasteiger partial charge < -0.3 is 5.11 Å². The van der Waals surface area contributed by atoms with Gasteiger partial charge in [-0.1, -0.05) is 0 Å². The highest BCUT2D eigenvalue weighted by atomic mass is 32.1. The Balaban J connectivity index is 1.58. The summed E-state index contributed by atoms with van der Waals surface area (Å²) >= 11 is 1.69. The Morgan fingerprint density at radius 1 is 1.55 bits per heavy atom. The summed E-state index contributed by atoms with van der Waals surface area (Å²) in [5.74, 6) is 0. The molecule has 1 aliphatic heterocycles. The van der Waals surface area contributed by atoms with E-state index in [0.717, 1.165) is 19.4 Å². The first-order valence-electron chi connectivity index (χ1n) is 7.24. The molecule has 1 fully saturated rings. The van der Waals surface area contributed by atoms with Crippen LogP contribution in [0.3, 0.4) is 0 Å². The molecule has 1 aliphatic rings. The van der Waals surface area contributed by atoms with Gasteiger partial charge in [0.2, 0.25) is 0 Å². The first kappa shape index (κ1) is 15.1. The van der Waals surface area contributed by atoms with Gasteiger partial charge in [-0.2, -0.15) is 16.4 Å². The van der Waals surface area contributed by atoms with Crippen LogP contribution in [0.5, 0.6) is 0 Å². The minimum absolute atomic E-state index is 0.0514. The van der Waals surface area contributed by atoms with E-state index < -0.39 is 11.0 Å². The third-order valence-corrected chi connectivity index (χ3v) is 4.67. The number of rotatable bonds is 6. The topological polar surface area (TPSA) is 84.4 Å². The second-order valence-corrected chi connectivity index (χ2v) is 6.32. The Hall–Kier alpha value is -1.77. The lowest BCUT2D eigenvalue weighted by Gasteiger charge is -2.26. The minimum Gasteiger partial charge on any atom is -0.390 e. The predicted octanol–water partition coefficient (Wildman–Crippen LogP) is 2.05. The minimum atomic E-state index is -0.598. The van der Waals surface area contributed by atoms with Crippen molar-refractivity contribution in [2.45, 2.75) is 31.5 Å². The molecule has 0 bridgehead atoms. The largest absolute Gasteiger partial charge is 0.390 e. The Kier molecular flexibility index (Phi) is 4.51. The number of nitrogens with zero attached hydrogens (tertiary/aromatic N) is 4. The first-order chi connectivity index (χ1) is 10.6. The van der Waals surface area contributed by atoms with Crippen molar-refractivity contribution in [3.63, 3.8) is 0 Å². The van der Waals surface area contributed by atoms with Gasteiger partial charge >= 0.3 is 5.69 Å². The molecule has 0 aliphatic carbocycles. The van der Waals surface area contributed by atoms with Crippen molar-refractivity contribution < 1.29 is 10.0 Å². The lowest BCUT2D eigenvalue weighted by atomic mass is 10.1. The van der Waals surface area contributed by atoms with Crippen LogP contribution >= 0.6 is 11.3 Å². The van der Waals surface area contributed by atoms with Crippen LogP contribution < -0.4 is 0 Å². The highest BCUT2D eigenvalue weighted by molar-refractivity contribution is 7.07. The van der Waals surface area contributed by atoms with Gasteiger partial charge in [-0.15, -0.1) is 0 Å². The molecule has 3 heterocycles. The van der Waals surface area contributed by atoms with E-state index in [0.29, 0.717) is 12.6 Å². The lowest BCUT2D eigenvalue weighted by Crippen LogP contribution is -2.34. The fourth-order valence-electron chi connectivity index (χ4n) is 2.98. The lowest BCUT2D eigenvalue weighted by molar-refractivity contribution is -0.385. The maximum Gasteiger partial charge on any atom is 0.306 e. The maximum absolute atomic E-state index is 10.6. The molecule has 7 nitrogen and oxygen atoms in total. The molecule has 2 atom stereocenters. The van der Waals surface area contributed by atoms with Crippen molar-refractivity contribution in [3.05, 3.63) is 44.9 Å². The zero-order chi connectivity index (χ0) is 15.5. The third-order valence-electron chi connectivity index (χ3n) is 3.97. The van der Waals surface area contributed by atoms with E-state index in [1.165, 1.54) is 22.6 Å². The van der Waals surface area contributed by atoms with Crippen LogP contribution in [0.15, 0.2) is 29.2 Å². The molecule has 0 unspecified atom stereocenters. The second kappa shape index (κ2) is 6.55. The average Bonchev–Trinajstić information content (AvgIpc) is 3.18. The van der Waals surface area contributed by atoms with Crippen LogP contribution in [0.25, 0.3) is 0 Å². The number of aromatic nitrogens is 2. The molecule has 3 rings (SSSR count). The molecule has 2 aromatic heterocycles. The molecule has 22 heavy (non-hydrogen) atoms. The summed E-state index contributed by atoms with van der Waals surface area (Å²) in [6.45, 7) is 1.78. The van der Waals surface area contributed by atoms with Gasteiger partial charge in [-0.05, 0) is 41.8 Å². The molecule has 0 amide bonds. The van der Waals surface area contributed by atoms with E-state index in [1.54, 1.807) is 11.3 Å². The van der Waals surface area contributed by atoms with Crippen LogP contribution in [-0.4, -0.2) is 43.9 Å². The van der Waals surface area contributed by atoms with Crippen molar-refractivity contribution in [1.82, 2.24) is 14.7 Å². The Morgan fingerprint density at radius 3 is 3.09 bits per heavy atom. The van der Waals surface area contributed by atoms with Crippen LogP contribution in [-0.2, 0) is 6.54 Å². The van der Waals surface area contributed by atoms with Crippen molar-refractivity contribution in [1.29, 1.82) is 0 Å². The highest BCUT2D eigenvalue weighted by Gasteiger charge is 2.28. The molecule has 0 radical (unpaired) electrons. The van der Waals surface area contributed by atoms with Gasteiger partial charge in [0.05, 0.1) is 17.6 Å². The van der Waals surface area contributed by atoms with Crippen molar-refractivity contribution in [3.8, 4) is 0 Å². The number of likely N-dealkylation sites (tertiary alicyclic amines) is 1. The molecule has 8 heteroatoms. The van der Waals surface area contributed by atoms with Gasteiger partial charge in [-0.3, -0.25) is 19.7 Å². The van der Waals surface area contributed by atoms with Gasteiger partial charge in [-0.25, -0.2) is 0 Å². The summed E-state index contributed by atoms with van der Waals surface area (Å²) in [5.41, 5.74) is 1.26. The standard InChI is InChI=1S/C14H18N4O3S/c19-13(9-17-7-12(6-15-17)18(20)21)8-16-4-1-2-14(16)11-3-5-22-10-11/h3,5-7,10,13-14,19H,1-2,4,8-9H2/t13-,14+/m0/s1. The summed E-state index contributed by atoms with van der Waals surface area (Å²) in [5, 5.41) is 29.0. The summed E-state index contributed by atoms with van der Waals surface area (Å²) in [6.07, 6.45) is 4.19. The maximum atomic E-state index is 10.6. The zero-order valence-electron chi connectivity index (χ0n) is 12.0. The molecule has 1 saturated heterocycles. The highest BCUT2D eigenvalue weighted by Crippen LogP contribution is 2.33.